The summed E-state index contributed by atoms with van der Waals surface area (Å²) >= 11 is 5.86. The van der Waals surface area contributed by atoms with Gasteiger partial charge in [0, 0.05) is 17.3 Å². The number of halogens is 1. The van der Waals surface area contributed by atoms with Crippen molar-refractivity contribution in [2.75, 3.05) is 11.9 Å². The molecule has 110 valence electrons. The molecule has 21 heavy (non-hydrogen) atoms. The summed E-state index contributed by atoms with van der Waals surface area (Å²) in [7, 11) is 0. The standard InChI is InChI=1S/C16H17ClN2O2/c17-13-4-2-5-14(10-13)19-16(20)7-8-21-15-6-1-3-12(9-15)11-18/h1-6,9-10H,7-8,11,18H2,(H,19,20). The molecule has 0 fully saturated rings. The highest BCUT2D eigenvalue weighted by atomic mass is 35.5. The molecule has 0 unspecified atom stereocenters. The Hall–Kier alpha value is -2.04. The van der Waals surface area contributed by atoms with E-state index in [9.17, 15) is 4.79 Å². The van der Waals surface area contributed by atoms with Crippen LogP contribution in [-0.2, 0) is 11.3 Å². The maximum atomic E-state index is 11.8. The molecule has 0 aromatic heterocycles. The number of nitrogens with two attached hydrogens (primary N) is 1. The Balaban J connectivity index is 1.79. The van der Waals surface area contributed by atoms with E-state index in [-0.39, 0.29) is 12.3 Å². The maximum Gasteiger partial charge on any atom is 0.227 e. The molecule has 2 aromatic rings. The van der Waals surface area contributed by atoms with Gasteiger partial charge in [0.25, 0.3) is 0 Å². The number of ether oxygens (including phenoxy) is 1. The molecule has 0 saturated heterocycles. The second kappa shape index (κ2) is 7.67. The summed E-state index contributed by atoms with van der Waals surface area (Å²) in [5.41, 5.74) is 7.24. The van der Waals surface area contributed by atoms with Gasteiger partial charge >= 0.3 is 0 Å². The van der Waals surface area contributed by atoms with Crippen LogP contribution in [0.5, 0.6) is 5.75 Å². The van der Waals surface area contributed by atoms with E-state index < -0.39 is 0 Å². The second-order valence-electron chi connectivity index (χ2n) is 4.51. The summed E-state index contributed by atoms with van der Waals surface area (Å²) in [5.74, 6) is 0.598. The SMILES string of the molecule is NCc1cccc(OCCC(=O)Nc2cccc(Cl)c2)c1. The first kappa shape index (κ1) is 15.4. The summed E-state index contributed by atoms with van der Waals surface area (Å²) < 4.78 is 5.54. The van der Waals surface area contributed by atoms with Crippen LogP contribution in [0, 0.1) is 0 Å². The van der Waals surface area contributed by atoms with E-state index in [1.54, 1.807) is 24.3 Å². The number of rotatable bonds is 6. The van der Waals surface area contributed by atoms with Crippen LogP contribution < -0.4 is 15.8 Å². The summed E-state index contributed by atoms with van der Waals surface area (Å²) in [5, 5.41) is 3.35. The molecule has 0 bridgehead atoms. The molecule has 0 radical (unpaired) electrons. The third-order valence-electron chi connectivity index (χ3n) is 2.84. The summed E-state index contributed by atoms with van der Waals surface area (Å²) in [6.07, 6.45) is 0.263. The van der Waals surface area contributed by atoms with Crippen molar-refractivity contribution in [2.45, 2.75) is 13.0 Å². The average Bonchev–Trinajstić information content (AvgIpc) is 2.47. The average molecular weight is 305 g/mol. The van der Waals surface area contributed by atoms with Gasteiger partial charge in [0.05, 0.1) is 13.0 Å². The van der Waals surface area contributed by atoms with E-state index in [0.29, 0.717) is 29.6 Å². The smallest absolute Gasteiger partial charge is 0.227 e. The highest BCUT2D eigenvalue weighted by molar-refractivity contribution is 6.30. The van der Waals surface area contributed by atoms with Crippen LogP contribution in [0.15, 0.2) is 48.5 Å². The van der Waals surface area contributed by atoms with Gasteiger partial charge in [-0.15, -0.1) is 0 Å². The zero-order valence-corrected chi connectivity index (χ0v) is 12.3. The minimum Gasteiger partial charge on any atom is -0.493 e. The molecule has 0 aliphatic heterocycles. The normalized spacial score (nSPS) is 10.2. The lowest BCUT2D eigenvalue weighted by atomic mass is 10.2. The van der Waals surface area contributed by atoms with Gasteiger partial charge in [-0.05, 0) is 35.9 Å². The van der Waals surface area contributed by atoms with E-state index in [1.165, 1.54) is 0 Å². The molecule has 3 N–H and O–H groups in total. The van der Waals surface area contributed by atoms with E-state index in [4.69, 9.17) is 22.1 Å². The van der Waals surface area contributed by atoms with Crippen LogP contribution in [0.2, 0.25) is 5.02 Å². The largest absolute Gasteiger partial charge is 0.493 e. The number of hydrogen-bond acceptors (Lipinski definition) is 3. The Labute approximate surface area is 128 Å². The van der Waals surface area contributed by atoms with Gasteiger partial charge in [-0.1, -0.05) is 29.8 Å². The molecular weight excluding hydrogens is 288 g/mol. The molecule has 0 saturated carbocycles. The van der Waals surface area contributed by atoms with Crippen molar-refractivity contribution >= 4 is 23.2 Å². The van der Waals surface area contributed by atoms with E-state index in [1.807, 2.05) is 24.3 Å². The van der Waals surface area contributed by atoms with Gasteiger partial charge in [-0.25, -0.2) is 0 Å². The fourth-order valence-electron chi connectivity index (χ4n) is 1.81. The molecule has 4 nitrogen and oxygen atoms in total. The Bertz CT molecular complexity index is 617. The van der Waals surface area contributed by atoms with Crippen LogP contribution in [0.25, 0.3) is 0 Å². The Morgan fingerprint density at radius 3 is 2.76 bits per heavy atom. The quantitative estimate of drug-likeness (QED) is 0.861. The second-order valence-corrected chi connectivity index (χ2v) is 4.94. The van der Waals surface area contributed by atoms with Gasteiger partial charge in [-0.2, -0.15) is 0 Å². The van der Waals surface area contributed by atoms with E-state index >= 15 is 0 Å². The number of amides is 1. The van der Waals surface area contributed by atoms with Gasteiger partial charge in [0.15, 0.2) is 0 Å². The van der Waals surface area contributed by atoms with Gasteiger partial charge < -0.3 is 15.8 Å². The maximum absolute atomic E-state index is 11.8. The fourth-order valence-corrected chi connectivity index (χ4v) is 2.00. The Morgan fingerprint density at radius 1 is 1.19 bits per heavy atom. The first-order chi connectivity index (χ1) is 10.2. The first-order valence-electron chi connectivity index (χ1n) is 6.64. The van der Waals surface area contributed by atoms with Crippen molar-refractivity contribution in [3.8, 4) is 5.75 Å². The lowest BCUT2D eigenvalue weighted by molar-refractivity contribution is -0.116. The number of nitrogens with one attached hydrogen (secondary N) is 1. The predicted molar refractivity (Wildman–Crippen MR) is 84.5 cm³/mol. The van der Waals surface area contributed by atoms with Crippen molar-refractivity contribution in [1.82, 2.24) is 0 Å². The van der Waals surface area contributed by atoms with E-state index in [2.05, 4.69) is 5.32 Å². The van der Waals surface area contributed by atoms with Crippen molar-refractivity contribution in [1.29, 1.82) is 0 Å². The number of hydrogen-bond donors (Lipinski definition) is 2. The minimum absolute atomic E-state index is 0.118. The predicted octanol–water partition coefficient (Wildman–Crippen LogP) is 3.21. The highest BCUT2D eigenvalue weighted by Gasteiger charge is 2.04. The lowest BCUT2D eigenvalue weighted by Gasteiger charge is -2.08. The molecule has 0 heterocycles. The summed E-state index contributed by atoms with van der Waals surface area (Å²) in [6, 6.07) is 14.5. The van der Waals surface area contributed by atoms with Crippen LogP contribution >= 0.6 is 11.6 Å². The molecule has 5 heteroatoms. The Kier molecular flexibility index (Phi) is 5.60. The van der Waals surface area contributed by atoms with Crippen molar-refractivity contribution in [3.05, 3.63) is 59.1 Å². The topological polar surface area (TPSA) is 64.3 Å². The molecule has 2 rings (SSSR count). The number of benzene rings is 2. The third kappa shape index (κ3) is 5.10. The zero-order chi connectivity index (χ0) is 15.1. The zero-order valence-electron chi connectivity index (χ0n) is 11.5. The van der Waals surface area contributed by atoms with Crippen molar-refractivity contribution < 1.29 is 9.53 Å². The van der Waals surface area contributed by atoms with Crippen molar-refractivity contribution in [3.63, 3.8) is 0 Å². The third-order valence-corrected chi connectivity index (χ3v) is 3.08. The van der Waals surface area contributed by atoms with Crippen LogP contribution in [0.1, 0.15) is 12.0 Å². The molecule has 0 aliphatic rings. The van der Waals surface area contributed by atoms with Gasteiger partial charge in [0.2, 0.25) is 5.91 Å². The molecule has 1 amide bonds. The fraction of sp³-hybridized carbons (Fsp3) is 0.188. The summed E-state index contributed by atoms with van der Waals surface area (Å²) in [6.45, 7) is 0.771. The lowest BCUT2D eigenvalue weighted by Crippen LogP contribution is -2.15. The number of anilines is 1. The Morgan fingerprint density at radius 2 is 2.00 bits per heavy atom. The summed E-state index contributed by atoms with van der Waals surface area (Å²) in [4.78, 5) is 11.8. The highest BCUT2D eigenvalue weighted by Crippen LogP contribution is 2.15. The van der Waals surface area contributed by atoms with Crippen LogP contribution in [0.4, 0.5) is 5.69 Å². The molecule has 0 spiro atoms. The first-order valence-corrected chi connectivity index (χ1v) is 7.02. The monoisotopic (exact) mass is 304 g/mol. The van der Waals surface area contributed by atoms with Gasteiger partial charge in [0.1, 0.15) is 5.75 Å². The molecule has 2 aromatic carbocycles. The van der Waals surface area contributed by atoms with Crippen LogP contribution in [-0.4, -0.2) is 12.5 Å². The minimum atomic E-state index is -0.118. The van der Waals surface area contributed by atoms with E-state index in [0.717, 1.165) is 5.56 Å². The van der Waals surface area contributed by atoms with Crippen LogP contribution in [0.3, 0.4) is 0 Å². The molecule has 0 aliphatic carbocycles. The van der Waals surface area contributed by atoms with Crippen molar-refractivity contribution in [2.24, 2.45) is 5.73 Å². The molecule has 0 atom stereocenters. The number of carbonyl (C=O) groups excluding carboxylic acids is 1. The number of carbonyl (C=O) groups is 1. The van der Waals surface area contributed by atoms with Gasteiger partial charge in [-0.3, -0.25) is 4.79 Å². The molecular formula is C16H17ClN2O2.